The topological polar surface area (TPSA) is 77.1 Å². The number of amides is 2. The van der Waals surface area contributed by atoms with Crippen LogP contribution in [-0.4, -0.2) is 51.1 Å². The van der Waals surface area contributed by atoms with E-state index in [4.69, 9.17) is 14.2 Å². The molecule has 0 saturated carbocycles. The maximum absolute atomic E-state index is 13.6. The normalized spacial score (nSPS) is 17.5. The second-order valence-electron chi connectivity index (χ2n) is 8.61. The lowest BCUT2D eigenvalue weighted by Crippen LogP contribution is -2.48. The van der Waals surface area contributed by atoms with Crippen molar-refractivity contribution >= 4 is 11.8 Å². The summed E-state index contributed by atoms with van der Waals surface area (Å²) < 4.78 is 16.6. The van der Waals surface area contributed by atoms with E-state index in [1.165, 1.54) is 0 Å². The van der Waals surface area contributed by atoms with E-state index in [0.29, 0.717) is 41.8 Å². The van der Waals surface area contributed by atoms with Crippen LogP contribution in [0.2, 0.25) is 0 Å². The third-order valence-corrected chi connectivity index (χ3v) is 5.90. The van der Waals surface area contributed by atoms with Crippen LogP contribution in [0.4, 0.5) is 0 Å². The molecule has 0 aliphatic carbocycles. The molecule has 2 amide bonds. The number of carbonyl (C=O) groups excluding carboxylic acids is 2. The monoisotopic (exact) mass is 454 g/mol. The first-order valence-corrected chi connectivity index (χ1v) is 11.3. The minimum Gasteiger partial charge on any atom is -0.493 e. The van der Waals surface area contributed by atoms with Gasteiger partial charge in [0.1, 0.15) is 0 Å². The second kappa shape index (κ2) is 10.6. The van der Waals surface area contributed by atoms with Crippen LogP contribution in [0.5, 0.6) is 17.2 Å². The van der Waals surface area contributed by atoms with Crippen molar-refractivity contribution in [1.29, 1.82) is 0 Å². The molecule has 0 aromatic heterocycles. The summed E-state index contributed by atoms with van der Waals surface area (Å²) in [5, 5.41) is 3.09. The highest BCUT2D eigenvalue weighted by atomic mass is 16.5. The lowest BCUT2D eigenvalue weighted by atomic mass is 9.78. The van der Waals surface area contributed by atoms with Crippen LogP contribution < -0.4 is 19.5 Å². The maximum atomic E-state index is 13.6. The molecule has 0 unspecified atom stereocenters. The third-order valence-electron chi connectivity index (χ3n) is 5.90. The van der Waals surface area contributed by atoms with Crippen molar-refractivity contribution in [3.05, 3.63) is 53.1 Å². The highest BCUT2D eigenvalue weighted by Gasteiger charge is 2.44. The number of nitrogens with zero attached hydrogens (tertiary/aromatic N) is 1. The number of hydrogen-bond acceptors (Lipinski definition) is 5. The fourth-order valence-corrected chi connectivity index (χ4v) is 4.42. The Balaban J connectivity index is 2.24. The van der Waals surface area contributed by atoms with Crippen molar-refractivity contribution in [1.82, 2.24) is 10.2 Å². The molecule has 1 N–H and O–H groups in total. The summed E-state index contributed by atoms with van der Waals surface area (Å²) in [6.07, 6.45) is 0.759. The van der Waals surface area contributed by atoms with Gasteiger partial charge in [0, 0.05) is 18.7 Å². The number of carbonyl (C=O) groups is 2. The van der Waals surface area contributed by atoms with E-state index in [2.05, 4.69) is 19.2 Å². The molecule has 0 radical (unpaired) electrons. The highest BCUT2D eigenvalue weighted by Crippen LogP contribution is 2.47. The molecular formula is C26H34N2O5. The second-order valence-corrected chi connectivity index (χ2v) is 8.61. The quantitative estimate of drug-likeness (QED) is 0.615. The molecule has 0 bridgehead atoms. The summed E-state index contributed by atoms with van der Waals surface area (Å²) in [4.78, 5) is 29.0. The van der Waals surface area contributed by atoms with Crippen LogP contribution in [0, 0.1) is 5.92 Å². The standard InChI is InChI=1S/C26H34N2O5/c1-7-12-28-23(17-13-20(31-4)24(33-6)21(14-17)32-5)22(25(29)27-15-16(2)3)18-10-8-9-11-19(18)26(28)30/h8-11,13-14,16,22-23H,7,12,15H2,1-6H3,(H,27,29)/t22-,23-/m1/s1. The van der Waals surface area contributed by atoms with Gasteiger partial charge in [-0.25, -0.2) is 0 Å². The molecule has 7 heteroatoms. The van der Waals surface area contributed by atoms with Crippen LogP contribution >= 0.6 is 0 Å². The van der Waals surface area contributed by atoms with Gasteiger partial charge in [-0.05, 0) is 41.7 Å². The number of fused-ring (bicyclic) bond motifs is 1. The molecule has 2 aromatic carbocycles. The average Bonchev–Trinajstić information content (AvgIpc) is 2.83. The zero-order valence-corrected chi connectivity index (χ0v) is 20.3. The van der Waals surface area contributed by atoms with Crippen molar-refractivity contribution in [3.63, 3.8) is 0 Å². The molecule has 1 heterocycles. The Kier molecular flexibility index (Phi) is 7.84. The molecule has 7 nitrogen and oxygen atoms in total. The van der Waals surface area contributed by atoms with Crippen LogP contribution in [0.15, 0.2) is 36.4 Å². The van der Waals surface area contributed by atoms with Crippen LogP contribution in [0.3, 0.4) is 0 Å². The Bertz CT molecular complexity index is 979. The Labute approximate surface area is 196 Å². The third kappa shape index (κ3) is 4.77. The highest BCUT2D eigenvalue weighted by molar-refractivity contribution is 6.01. The number of ether oxygens (including phenoxy) is 3. The Morgan fingerprint density at radius 1 is 1.06 bits per heavy atom. The van der Waals surface area contributed by atoms with Gasteiger partial charge in [-0.1, -0.05) is 39.0 Å². The average molecular weight is 455 g/mol. The lowest BCUT2D eigenvalue weighted by Gasteiger charge is -2.42. The summed E-state index contributed by atoms with van der Waals surface area (Å²) in [6, 6.07) is 10.5. The van der Waals surface area contributed by atoms with Crippen molar-refractivity contribution in [3.8, 4) is 17.2 Å². The van der Waals surface area contributed by atoms with Gasteiger partial charge in [-0.2, -0.15) is 0 Å². The van der Waals surface area contributed by atoms with E-state index in [0.717, 1.165) is 17.5 Å². The summed E-state index contributed by atoms with van der Waals surface area (Å²) in [7, 11) is 4.66. The molecule has 178 valence electrons. The molecule has 1 aliphatic heterocycles. The fourth-order valence-electron chi connectivity index (χ4n) is 4.42. The molecule has 0 fully saturated rings. The van der Waals surface area contributed by atoms with Crippen LogP contribution in [0.25, 0.3) is 0 Å². The van der Waals surface area contributed by atoms with Gasteiger partial charge in [0.05, 0.1) is 33.3 Å². The molecular weight excluding hydrogens is 420 g/mol. The van der Waals surface area contributed by atoms with E-state index in [1.807, 2.05) is 37.3 Å². The van der Waals surface area contributed by atoms with Crippen molar-refractivity contribution in [2.24, 2.45) is 5.92 Å². The molecule has 2 atom stereocenters. The van der Waals surface area contributed by atoms with Gasteiger partial charge in [-0.3, -0.25) is 9.59 Å². The van der Waals surface area contributed by atoms with E-state index in [9.17, 15) is 9.59 Å². The summed E-state index contributed by atoms with van der Waals surface area (Å²) in [6.45, 7) is 7.20. The molecule has 2 aromatic rings. The minimum absolute atomic E-state index is 0.0842. The number of methoxy groups -OCH3 is 3. The number of rotatable bonds is 9. The molecule has 0 saturated heterocycles. The molecule has 1 aliphatic rings. The van der Waals surface area contributed by atoms with E-state index in [-0.39, 0.29) is 11.8 Å². The smallest absolute Gasteiger partial charge is 0.254 e. The number of hydrogen-bond donors (Lipinski definition) is 1. The van der Waals surface area contributed by atoms with Gasteiger partial charge < -0.3 is 24.4 Å². The van der Waals surface area contributed by atoms with Crippen LogP contribution in [0.1, 0.15) is 60.6 Å². The van der Waals surface area contributed by atoms with Gasteiger partial charge in [0.15, 0.2) is 11.5 Å². The van der Waals surface area contributed by atoms with Crippen molar-refractivity contribution < 1.29 is 23.8 Å². The zero-order chi connectivity index (χ0) is 24.1. The van der Waals surface area contributed by atoms with Crippen molar-refractivity contribution in [2.45, 2.75) is 39.2 Å². The van der Waals surface area contributed by atoms with Gasteiger partial charge in [0.25, 0.3) is 5.91 Å². The Morgan fingerprint density at radius 2 is 1.70 bits per heavy atom. The van der Waals surface area contributed by atoms with Crippen LogP contribution in [-0.2, 0) is 4.79 Å². The Morgan fingerprint density at radius 3 is 2.24 bits per heavy atom. The molecule has 3 rings (SSSR count). The number of benzene rings is 2. The zero-order valence-electron chi connectivity index (χ0n) is 20.3. The first-order chi connectivity index (χ1) is 15.9. The largest absolute Gasteiger partial charge is 0.493 e. The minimum atomic E-state index is -0.577. The van der Waals surface area contributed by atoms with Gasteiger partial charge in [-0.15, -0.1) is 0 Å². The predicted molar refractivity (Wildman–Crippen MR) is 127 cm³/mol. The van der Waals surface area contributed by atoms with Gasteiger partial charge in [0.2, 0.25) is 11.7 Å². The summed E-state index contributed by atoms with van der Waals surface area (Å²) in [5.74, 6) is 0.969. The fraction of sp³-hybridized carbons (Fsp3) is 0.462. The summed E-state index contributed by atoms with van der Waals surface area (Å²) >= 11 is 0. The van der Waals surface area contributed by atoms with E-state index in [1.54, 1.807) is 32.3 Å². The predicted octanol–water partition coefficient (Wildman–Crippen LogP) is 4.18. The molecule has 0 spiro atoms. The maximum Gasteiger partial charge on any atom is 0.254 e. The lowest BCUT2D eigenvalue weighted by molar-refractivity contribution is -0.124. The first-order valence-electron chi connectivity index (χ1n) is 11.3. The number of nitrogens with one attached hydrogen (secondary N) is 1. The Hall–Kier alpha value is -3.22. The van der Waals surface area contributed by atoms with Crippen molar-refractivity contribution in [2.75, 3.05) is 34.4 Å². The molecule has 33 heavy (non-hydrogen) atoms. The first kappa shape index (κ1) is 24.4. The van der Waals surface area contributed by atoms with E-state index >= 15 is 0 Å². The SMILES string of the molecule is CCCN1C(=O)c2ccccc2[C@@H](C(=O)NCC(C)C)[C@H]1c1cc(OC)c(OC)c(OC)c1. The van der Waals surface area contributed by atoms with Gasteiger partial charge >= 0.3 is 0 Å². The summed E-state index contributed by atoms with van der Waals surface area (Å²) in [5.41, 5.74) is 2.06. The van der Waals surface area contributed by atoms with E-state index < -0.39 is 12.0 Å².